The fourth-order valence-corrected chi connectivity index (χ4v) is 5.50. The van der Waals surface area contributed by atoms with Crippen LogP contribution in [0.25, 0.3) is 20.8 Å². The van der Waals surface area contributed by atoms with Gasteiger partial charge in [0.25, 0.3) is 5.91 Å². The van der Waals surface area contributed by atoms with Crippen LogP contribution >= 0.6 is 54.8 Å². The Morgan fingerprint density at radius 1 is 1.17 bits per heavy atom. The smallest absolute Gasteiger partial charge is 0.255 e. The number of hydrogen-bond acceptors (Lipinski definition) is 4. The summed E-state index contributed by atoms with van der Waals surface area (Å²) < 4.78 is 8.15. The lowest BCUT2D eigenvalue weighted by Gasteiger charge is -2.13. The average Bonchev–Trinajstić information content (AvgIpc) is 3.15. The second-order valence-electron chi connectivity index (χ2n) is 6.33. The third-order valence-electron chi connectivity index (χ3n) is 4.31. The van der Waals surface area contributed by atoms with Crippen molar-refractivity contribution in [3.63, 3.8) is 0 Å². The van der Waals surface area contributed by atoms with Crippen LogP contribution < -0.4 is 10.1 Å². The quantitative estimate of drug-likeness (QED) is 0.268. The number of ether oxygens (including phenoxy) is 1. The van der Waals surface area contributed by atoms with Gasteiger partial charge < -0.3 is 10.1 Å². The van der Waals surface area contributed by atoms with Crippen LogP contribution in [-0.2, 0) is 0 Å². The summed E-state index contributed by atoms with van der Waals surface area (Å²) in [7, 11) is 0. The first kappa shape index (κ1) is 21.3. The summed E-state index contributed by atoms with van der Waals surface area (Å²) in [5.74, 6) is 0.279. The van der Waals surface area contributed by atoms with Gasteiger partial charge in [0.05, 0.1) is 27.5 Å². The normalized spacial score (nSPS) is 10.9. The molecule has 0 unspecified atom stereocenters. The highest BCUT2D eigenvalue weighted by Crippen LogP contribution is 2.40. The van der Waals surface area contributed by atoms with Crippen LogP contribution in [0.2, 0.25) is 5.02 Å². The number of thiazole rings is 1. The van der Waals surface area contributed by atoms with Gasteiger partial charge in [0.1, 0.15) is 10.8 Å². The molecule has 0 bridgehead atoms. The molecule has 4 aromatic rings. The van der Waals surface area contributed by atoms with Gasteiger partial charge in [-0.3, -0.25) is 4.79 Å². The molecule has 1 N–H and O–H groups in total. The number of nitrogens with one attached hydrogen (secondary N) is 1. The number of nitrogens with zero attached hydrogens (tertiary/aromatic N) is 1. The number of rotatable bonds is 5. The molecule has 0 aliphatic carbocycles. The monoisotopic (exact) mass is 564 g/mol. The number of aromatic nitrogens is 1. The van der Waals surface area contributed by atoms with E-state index in [4.69, 9.17) is 21.3 Å². The largest absolute Gasteiger partial charge is 0.492 e. The third kappa shape index (κ3) is 4.39. The first-order chi connectivity index (χ1) is 14.5. The predicted octanol–water partition coefficient (Wildman–Crippen LogP) is 7.79. The summed E-state index contributed by atoms with van der Waals surface area (Å²) in [5.41, 5.74) is 2.83. The highest BCUT2D eigenvalue weighted by molar-refractivity contribution is 9.11. The van der Waals surface area contributed by atoms with Gasteiger partial charge in [-0.1, -0.05) is 39.7 Å². The molecule has 1 heterocycles. The SMILES string of the molecule is CCOc1ccc(C(=O)Nc2c(Br)cc(Br)cc2-c2nc3ccccc3s2)cc1Cl. The third-order valence-corrected chi connectivity index (χ3v) is 6.76. The van der Waals surface area contributed by atoms with E-state index in [0.717, 1.165) is 29.7 Å². The molecule has 152 valence electrons. The Morgan fingerprint density at radius 2 is 1.97 bits per heavy atom. The predicted molar refractivity (Wildman–Crippen MR) is 131 cm³/mol. The summed E-state index contributed by atoms with van der Waals surface area (Å²) in [4.78, 5) is 17.7. The van der Waals surface area contributed by atoms with Gasteiger partial charge in [-0.2, -0.15) is 0 Å². The first-order valence-corrected chi connectivity index (χ1v) is 11.8. The van der Waals surface area contributed by atoms with E-state index in [2.05, 4.69) is 37.2 Å². The molecular formula is C22H15Br2ClN2O2S. The van der Waals surface area contributed by atoms with Crippen LogP contribution in [0.4, 0.5) is 5.69 Å². The molecule has 1 amide bonds. The van der Waals surface area contributed by atoms with Crippen LogP contribution in [0.1, 0.15) is 17.3 Å². The zero-order chi connectivity index (χ0) is 21.3. The zero-order valence-corrected chi connectivity index (χ0v) is 20.5. The molecular weight excluding hydrogens is 552 g/mol. The van der Waals surface area contributed by atoms with Gasteiger partial charge in [-0.25, -0.2) is 4.98 Å². The van der Waals surface area contributed by atoms with Gasteiger partial charge in [-0.05, 0) is 65.3 Å². The minimum Gasteiger partial charge on any atom is -0.492 e. The van der Waals surface area contributed by atoms with Crippen molar-refractivity contribution < 1.29 is 9.53 Å². The summed E-state index contributed by atoms with van der Waals surface area (Å²) in [6.45, 7) is 2.38. The van der Waals surface area contributed by atoms with Crippen LogP contribution in [-0.4, -0.2) is 17.5 Å². The second-order valence-corrected chi connectivity index (χ2v) is 9.54. The number of para-hydroxylation sites is 1. The topological polar surface area (TPSA) is 51.2 Å². The molecule has 0 spiro atoms. The average molecular weight is 567 g/mol. The van der Waals surface area contributed by atoms with E-state index in [9.17, 15) is 4.79 Å². The molecule has 30 heavy (non-hydrogen) atoms. The molecule has 0 saturated carbocycles. The molecule has 4 rings (SSSR count). The number of benzene rings is 3. The number of halogens is 3. The van der Waals surface area contributed by atoms with Crippen molar-refractivity contribution in [1.29, 1.82) is 0 Å². The molecule has 1 aromatic heterocycles. The van der Waals surface area contributed by atoms with Gasteiger partial charge in [-0.15, -0.1) is 11.3 Å². The Kier molecular flexibility index (Phi) is 6.43. The second kappa shape index (κ2) is 9.06. The Labute approximate surface area is 199 Å². The Hall–Kier alpha value is -1.93. The van der Waals surface area contributed by atoms with E-state index < -0.39 is 0 Å². The van der Waals surface area contributed by atoms with E-state index in [1.165, 1.54) is 0 Å². The van der Waals surface area contributed by atoms with Gasteiger partial charge in [0, 0.05) is 20.1 Å². The standard InChI is InChI=1S/C22H15Br2ClN2O2S/c1-2-29-18-8-7-12(9-16(18)25)21(28)27-20-14(10-13(23)11-15(20)24)22-26-17-5-3-4-6-19(17)30-22/h3-11H,2H2,1H3,(H,27,28). The molecule has 0 fully saturated rings. The molecule has 0 aliphatic heterocycles. The highest BCUT2D eigenvalue weighted by Gasteiger charge is 2.18. The Morgan fingerprint density at radius 3 is 2.70 bits per heavy atom. The van der Waals surface area contributed by atoms with Crippen molar-refractivity contribution in [3.05, 3.63) is 74.1 Å². The van der Waals surface area contributed by atoms with Crippen molar-refractivity contribution in [3.8, 4) is 16.3 Å². The van der Waals surface area contributed by atoms with Crippen molar-refractivity contribution >= 4 is 76.6 Å². The number of anilines is 1. The number of hydrogen-bond donors (Lipinski definition) is 1. The minimum atomic E-state index is -0.273. The maximum atomic E-state index is 13.0. The number of fused-ring (bicyclic) bond motifs is 1. The summed E-state index contributed by atoms with van der Waals surface area (Å²) in [6.07, 6.45) is 0. The maximum Gasteiger partial charge on any atom is 0.255 e. The van der Waals surface area contributed by atoms with Gasteiger partial charge in [0.15, 0.2) is 0 Å². The number of carbonyl (C=O) groups excluding carboxylic acids is 1. The Bertz CT molecular complexity index is 1230. The Balaban J connectivity index is 1.72. The first-order valence-electron chi connectivity index (χ1n) is 9.05. The molecule has 0 saturated heterocycles. The van der Waals surface area contributed by atoms with Crippen molar-refractivity contribution in [2.75, 3.05) is 11.9 Å². The van der Waals surface area contributed by atoms with Crippen LogP contribution in [0.3, 0.4) is 0 Å². The lowest BCUT2D eigenvalue weighted by Crippen LogP contribution is -2.13. The van der Waals surface area contributed by atoms with Crippen molar-refractivity contribution in [2.24, 2.45) is 0 Å². The lowest BCUT2D eigenvalue weighted by molar-refractivity contribution is 0.102. The van der Waals surface area contributed by atoms with Crippen LogP contribution in [0.15, 0.2) is 63.5 Å². The molecule has 4 nitrogen and oxygen atoms in total. The fraction of sp³-hybridized carbons (Fsp3) is 0.0909. The fourth-order valence-electron chi connectivity index (χ4n) is 2.96. The zero-order valence-electron chi connectivity index (χ0n) is 15.7. The summed E-state index contributed by atoms with van der Waals surface area (Å²) >= 11 is 14.9. The lowest BCUT2D eigenvalue weighted by atomic mass is 10.1. The van der Waals surface area contributed by atoms with E-state index in [1.807, 2.05) is 43.3 Å². The van der Waals surface area contributed by atoms with E-state index in [0.29, 0.717) is 28.6 Å². The highest BCUT2D eigenvalue weighted by atomic mass is 79.9. The molecule has 0 radical (unpaired) electrons. The van der Waals surface area contributed by atoms with Crippen LogP contribution in [0, 0.1) is 0 Å². The van der Waals surface area contributed by atoms with Crippen molar-refractivity contribution in [1.82, 2.24) is 4.98 Å². The molecule has 8 heteroatoms. The van der Waals surface area contributed by atoms with Crippen LogP contribution in [0.5, 0.6) is 5.75 Å². The summed E-state index contributed by atoms with van der Waals surface area (Å²) in [5, 5.41) is 4.22. The van der Waals surface area contributed by atoms with E-state index >= 15 is 0 Å². The van der Waals surface area contributed by atoms with E-state index in [1.54, 1.807) is 29.5 Å². The number of carbonyl (C=O) groups is 1. The summed E-state index contributed by atoms with van der Waals surface area (Å²) in [6, 6.07) is 16.8. The molecule has 3 aromatic carbocycles. The minimum absolute atomic E-state index is 0.273. The van der Waals surface area contributed by atoms with Crippen molar-refractivity contribution in [2.45, 2.75) is 6.92 Å². The molecule has 0 aliphatic rings. The number of amides is 1. The van der Waals surface area contributed by atoms with Gasteiger partial charge >= 0.3 is 0 Å². The maximum absolute atomic E-state index is 13.0. The van der Waals surface area contributed by atoms with Gasteiger partial charge in [0.2, 0.25) is 0 Å². The molecule has 0 atom stereocenters. The van der Waals surface area contributed by atoms with E-state index in [-0.39, 0.29) is 5.91 Å².